The van der Waals surface area contributed by atoms with E-state index in [4.69, 9.17) is 68.4 Å². The fourth-order valence-corrected chi connectivity index (χ4v) is 19.0. The van der Waals surface area contributed by atoms with Gasteiger partial charge in [0.15, 0.2) is 17.0 Å². The summed E-state index contributed by atoms with van der Waals surface area (Å²) in [6.45, 7) is 19.3. The number of rotatable bonds is 30. The van der Waals surface area contributed by atoms with E-state index in [9.17, 15) is 48.9 Å². The molecule has 1 saturated carbocycles. The Balaban J connectivity index is 0.477. The molecule has 13 rings (SSSR count). The van der Waals surface area contributed by atoms with Crippen LogP contribution in [0.3, 0.4) is 0 Å². The number of ketones is 2. The summed E-state index contributed by atoms with van der Waals surface area (Å²) >= 11 is 0. The SMILES string of the molecule is CO[C@H]1C[C@@H]2CC[C@@H](C)[C@@](O)(O2)C(=O)C(=O)N2CCCC[C@H]2C(=O)O[C@H]([C@H](C)C[C@@H]2CC[C@@H](OC(=O)NCCOCCOCCOCCOCCC(=O)NCc3cnc(N4CCN(c5ncc(C(=O)N6CCc7cc(Cn8nc(-c9ccc%10oc(N)nc%10c9)c9c(N)ncnc98)ccc7C6)cn5)CC4)nc3)[C@H](OC)C2)C[C@@H](O)[C@H](C)/C=C(\C)[C@@H](O)[C@@H](OC)C(=O)[C@H](C)C[C@H](C)/C=C/C=C/C=C/1C. The molecule has 10 heterocycles. The van der Waals surface area contributed by atoms with Gasteiger partial charge in [0.1, 0.15) is 53.8 Å². The fourth-order valence-electron chi connectivity index (χ4n) is 19.0. The highest BCUT2D eigenvalue weighted by Crippen LogP contribution is 2.41. The van der Waals surface area contributed by atoms with Crippen molar-refractivity contribution in [1.82, 2.24) is 65.1 Å². The molecule has 742 valence electrons. The molecule has 38 heteroatoms. The molecule has 4 amide bonds. The number of allylic oxidation sites excluding steroid dienone is 5. The number of nitrogens with zero attached hydrogens (tertiary/aromatic N) is 13. The normalized spacial score (nSPS) is 27.0. The number of amides is 4. The summed E-state index contributed by atoms with van der Waals surface area (Å²) in [6, 6.07) is 10.7. The number of carbonyl (C=O) groups excluding carboxylic acids is 7. The number of oxazole rings is 1. The number of aliphatic hydroxyl groups is 3. The number of nitrogens with one attached hydrogen (secondary N) is 2. The first-order valence-corrected chi connectivity index (χ1v) is 47.9. The van der Waals surface area contributed by atoms with Gasteiger partial charge in [0.25, 0.3) is 23.6 Å². The van der Waals surface area contributed by atoms with E-state index in [0.29, 0.717) is 200 Å². The number of Topliss-reactive ketones (excluding diaryl/α,β-unsaturated/α-hetero) is 2. The van der Waals surface area contributed by atoms with Crippen LogP contribution in [0.15, 0.2) is 120 Å². The predicted molar refractivity (Wildman–Crippen MR) is 508 cm³/mol. The first-order valence-electron chi connectivity index (χ1n) is 47.9. The minimum Gasteiger partial charge on any atom is -0.460 e. The number of piperazine rings is 1. The molecule has 3 saturated heterocycles. The number of nitrogens with two attached hydrogens (primary N) is 2. The lowest BCUT2D eigenvalue weighted by molar-refractivity contribution is -0.265. The van der Waals surface area contributed by atoms with Crippen molar-refractivity contribution in [1.29, 1.82) is 0 Å². The number of hydrogen-bond donors (Lipinski definition) is 7. The number of cyclic esters (lactones) is 1. The van der Waals surface area contributed by atoms with Crippen molar-refractivity contribution < 1.29 is 101 Å². The molecule has 137 heavy (non-hydrogen) atoms. The lowest BCUT2D eigenvalue weighted by Gasteiger charge is -2.43. The summed E-state index contributed by atoms with van der Waals surface area (Å²) in [5.74, 6) is -6.89. The van der Waals surface area contributed by atoms with Gasteiger partial charge in [-0.1, -0.05) is 89.3 Å². The summed E-state index contributed by atoms with van der Waals surface area (Å²) < 4.78 is 66.0. The number of aromatic nitrogens is 9. The first-order chi connectivity index (χ1) is 66.1. The van der Waals surface area contributed by atoms with Gasteiger partial charge in [-0.2, -0.15) is 10.1 Å². The van der Waals surface area contributed by atoms with E-state index in [1.165, 1.54) is 18.3 Å². The number of benzene rings is 2. The third-order valence-corrected chi connectivity index (χ3v) is 27.1. The molecule has 5 aliphatic heterocycles. The monoisotopic (exact) mass is 1900 g/mol. The Hall–Kier alpha value is -11.2. The molecule has 5 aromatic heterocycles. The van der Waals surface area contributed by atoms with Crippen molar-refractivity contribution in [3.8, 4) is 11.3 Å². The average molecular weight is 1900 g/mol. The number of aliphatic hydroxyl groups excluding tert-OH is 2. The van der Waals surface area contributed by atoms with Crippen LogP contribution < -0.4 is 31.9 Å². The zero-order valence-electron chi connectivity index (χ0n) is 80.3. The molecular formula is C99H135N17O21. The third kappa shape index (κ3) is 27.3. The van der Waals surface area contributed by atoms with Gasteiger partial charge in [0.05, 0.1) is 94.8 Å². The molecule has 7 aromatic rings. The minimum atomic E-state index is -2.48. The molecule has 6 aliphatic rings. The van der Waals surface area contributed by atoms with Gasteiger partial charge >= 0.3 is 12.1 Å². The molecule has 0 spiro atoms. The van der Waals surface area contributed by atoms with Crippen molar-refractivity contribution in [3.05, 3.63) is 143 Å². The fraction of sp³-hybridized carbons (Fsp3) is 0.586. The lowest BCUT2D eigenvalue weighted by atomic mass is 9.78. The van der Waals surface area contributed by atoms with Crippen LogP contribution in [-0.4, -0.2) is 292 Å². The molecule has 9 N–H and O–H groups in total. The number of fused-ring (bicyclic) bond motifs is 6. The van der Waals surface area contributed by atoms with E-state index >= 15 is 0 Å². The topological polar surface area (TPSA) is 483 Å². The molecule has 2 aromatic carbocycles. The van der Waals surface area contributed by atoms with Gasteiger partial charge in [0, 0.05) is 153 Å². The first kappa shape index (κ1) is 103. The lowest BCUT2D eigenvalue weighted by Crippen LogP contribution is -2.61. The maximum Gasteiger partial charge on any atom is 0.407 e. The van der Waals surface area contributed by atoms with Crippen LogP contribution in [0.2, 0.25) is 0 Å². The van der Waals surface area contributed by atoms with Crippen LogP contribution >= 0.6 is 0 Å². The van der Waals surface area contributed by atoms with E-state index < -0.39 is 108 Å². The summed E-state index contributed by atoms with van der Waals surface area (Å²) in [4.78, 5) is 136. The number of piperidine rings is 1. The standard InChI is InChI=1S/C99H135N17O21/c1-60-16-12-11-13-17-61(2)80(127-8)50-74-24-19-66(7)99(126,137-74)89(121)93(123)115-30-15-14-18-76(115)94(124)134-81(51-77(117)62(3)45-65(6)87(120)88(129-10)86(119)64(5)44-60)63(4)46-67-21-25-79(82(48-67)128-9)136-98(125)102-29-37-131-39-41-133-43-42-132-40-38-130-36-28-83(118)103-52-69-53-104-96(105-54-69)112-32-34-113(35-33-112)97-106-55-73(56-107-97)92(122)114-31-27-70-47-68(20-22-72(70)58-114)57-116-91-84(90(100)108-59-109-91)85(111-116)71-23-26-78-75(49-71)110-95(101)135-78/h11-13,16-17,20,22-23,26,45,47,49,53-56,59-60,62-64,66-67,74,76-77,79-82,87-88,117,120,126H,14-15,18-19,21,24-25,27-44,46,48,50-52,57-58H2,1-10H3,(H2,101,110)(H,102,125)(H,103,118)(H2,100,108,109)/b13-11+,16-12+,61-17+,65-45+/t60-,62-,63-,64-,66-,67+,74+,76+,77-,79-,80+,81+,82-,87-,88+,99-/m1/s1. The van der Waals surface area contributed by atoms with E-state index in [1.807, 2.05) is 85.9 Å². The molecule has 0 radical (unpaired) electrons. The minimum absolute atomic E-state index is 0.00634. The van der Waals surface area contributed by atoms with Gasteiger partial charge < -0.3 is 109 Å². The second-order valence-corrected chi connectivity index (χ2v) is 37.0. The van der Waals surface area contributed by atoms with Gasteiger partial charge in [0.2, 0.25) is 23.6 Å². The number of carbonyl (C=O) groups is 7. The number of anilines is 4. The largest absolute Gasteiger partial charge is 0.460 e. The Morgan fingerprint density at radius 3 is 2.11 bits per heavy atom. The molecule has 16 atom stereocenters. The Morgan fingerprint density at radius 2 is 1.40 bits per heavy atom. The summed E-state index contributed by atoms with van der Waals surface area (Å²) in [5, 5.41) is 47.2. The Morgan fingerprint density at radius 1 is 0.693 bits per heavy atom. The maximum atomic E-state index is 14.8. The van der Waals surface area contributed by atoms with Crippen molar-refractivity contribution in [2.24, 2.45) is 35.5 Å². The van der Waals surface area contributed by atoms with E-state index in [2.05, 4.69) is 67.5 Å². The second kappa shape index (κ2) is 49.4. The van der Waals surface area contributed by atoms with Crippen LogP contribution in [0.5, 0.6) is 0 Å². The smallest absolute Gasteiger partial charge is 0.407 e. The van der Waals surface area contributed by atoms with Crippen molar-refractivity contribution in [2.45, 2.75) is 219 Å². The molecule has 0 unspecified atom stereocenters. The number of nitrogen functional groups attached to an aromatic ring is 2. The quantitative estimate of drug-likeness (QED) is 0.00957. The number of esters is 1. The van der Waals surface area contributed by atoms with Crippen LogP contribution in [0.1, 0.15) is 165 Å². The van der Waals surface area contributed by atoms with Gasteiger partial charge in [-0.05, 0) is 148 Å². The molecule has 38 nitrogen and oxygen atoms in total. The van der Waals surface area contributed by atoms with Crippen molar-refractivity contribution in [3.63, 3.8) is 0 Å². The van der Waals surface area contributed by atoms with Gasteiger partial charge in [-0.3, -0.25) is 24.0 Å². The van der Waals surface area contributed by atoms with Crippen LogP contribution in [0.4, 0.5) is 28.5 Å². The highest BCUT2D eigenvalue weighted by molar-refractivity contribution is 6.39. The average Bonchev–Trinajstić information content (AvgIpc) is 1.74. The zero-order valence-corrected chi connectivity index (χ0v) is 80.3. The van der Waals surface area contributed by atoms with Gasteiger partial charge in [-0.15, -0.1) is 0 Å². The second-order valence-electron chi connectivity index (χ2n) is 37.0. The Kier molecular flexibility index (Phi) is 37.2. The Labute approximate surface area is 798 Å². The molecule has 4 fully saturated rings. The van der Waals surface area contributed by atoms with Gasteiger partial charge in [-0.25, -0.2) is 44.2 Å². The van der Waals surface area contributed by atoms with E-state index in [0.717, 1.165) is 33.4 Å². The molecule has 2 bridgehead atoms. The highest BCUT2D eigenvalue weighted by Gasteiger charge is 2.53. The Bertz CT molecular complexity index is 5360. The van der Waals surface area contributed by atoms with Crippen molar-refractivity contribution in [2.75, 3.05) is 141 Å². The third-order valence-electron chi connectivity index (χ3n) is 27.1. The van der Waals surface area contributed by atoms with Crippen LogP contribution in [0.25, 0.3) is 33.4 Å². The predicted octanol–water partition coefficient (Wildman–Crippen LogP) is 8.74. The molecular weight excluding hydrogens is 1760 g/mol. The molecule has 1 aliphatic carbocycles. The number of methoxy groups -OCH3 is 3. The number of alkyl carbamates (subject to hydrolysis) is 1. The summed E-state index contributed by atoms with van der Waals surface area (Å²) in [7, 11) is 4.51. The highest BCUT2D eigenvalue weighted by atomic mass is 16.6. The summed E-state index contributed by atoms with van der Waals surface area (Å²) in [5.41, 5.74) is 21.0. The number of ether oxygens (including phenoxy) is 10. The summed E-state index contributed by atoms with van der Waals surface area (Å²) in [6.07, 6.45) is 17.6. The zero-order chi connectivity index (χ0) is 97.4. The maximum absolute atomic E-state index is 14.8. The van der Waals surface area contributed by atoms with Crippen molar-refractivity contribution >= 4 is 87.2 Å². The number of hydrogen-bond acceptors (Lipinski definition) is 33. The van der Waals surface area contributed by atoms with E-state index in [1.54, 1.807) is 71.9 Å². The van der Waals surface area contributed by atoms with Crippen LogP contribution in [-0.2, 0) is 97.4 Å². The van der Waals surface area contributed by atoms with Crippen LogP contribution in [0, 0.1) is 35.5 Å². The van der Waals surface area contributed by atoms with E-state index in [-0.39, 0.29) is 101 Å².